The second kappa shape index (κ2) is 5.27. The van der Waals surface area contributed by atoms with Crippen molar-refractivity contribution in [2.75, 3.05) is 5.73 Å². The molecule has 0 amide bonds. The molecule has 0 aliphatic heterocycles. The molecule has 0 radical (unpaired) electrons. The predicted octanol–water partition coefficient (Wildman–Crippen LogP) is 3.05. The Bertz CT molecular complexity index is 508. The van der Waals surface area contributed by atoms with Crippen molar-refractivity contribution in [2.45, 2.75) is 0 Å². The quantitative estimate of drug-likeness (QED) is 0.844. The Labute approximate surface area is 97.7 Å². The zero-order valence-electron chi connectivity index (χ0n) is 8.34. The summed E-state index contributed by atoms with van der Waals surface area (Å²) in [4.78, 5) is 5.69. The van der Waals surface area contributed by atoms with E-state index in [2.05, 4.69) is 15.6 Å². The van der Waals surface area contributed by atoms with Crippen molar-refractivity contribution in [3.05, 3.63) is 30.3 Å². The van der Waals surface area contributed by atoms with Crippen LogP contribution < -0.4 is 10.6 Å². The number of hydrogen-bond donors (Lipinski definition) is 2. The number of nitrogens with zero attached hydrogens (tertiary/aromatic N) is 2. The summed E-state index contributed by atoms with van der Waals surface area (Å²) in [5, 5.41) is 0. The first-order chi connectivity index (χ1) is 7.79. The molecular formula is C8H11N4OP3. The van der Waals surface area contributed by atoms with Crippen LogP contribution >= 0.6 is 25.5 Å². The van der Waals surface area contributed by atoms with Crippen LogP contribution in [-0.2, 0) is 0 Å². The van der Waals surface area contributed by atoms with Gasteiger partial charge in [-0.1, -0.05) is 12.7 Å². The fourth-order valence-corrected chi connectivity index (χ4v) is 4.16. The number of hydrogen-bond acceptors (Lipinski definition) is 3. The van der Waals surface area contributed by atoms with Crippen LogP contribution in [0.2, 0.25) is 0 Å². The molecule has 1 aromatic heterocycles. The van der Waals surface area contributed by atoms with E-state index < -0.39 is 0 Å². The van der Waals surface area contributed by atoms with Crippen molar-refractivity contribution in [3.63, 3.8) is 0 Å². The molecule has 0 saturated heterocycles. The summed E-state index contributed by atoms with van der Waals surface area (Å²) in [5.74, 6) is 0.742. The molecule has 1 aromatic carbocycles. The van der Waals surface area contributed by atoms with E-state index in [0.29, 0.717) is 22.7 Å². The standard InChI is InChI=1S/C8H11N4OP3/c1-2-6-5-7(9)3-4-8(6)13-12-15-10-14-11-16-12/h2-5,10,14-15H,1,9H2. The number of nitrogen functional groups attached to an aromatic ring is 1. The Morgan fingerprint density at radius 1 is 1.62 bits per heavy atom. The minimum Gasteiger partial charge on any atom is -0.399 e. The molecular weight excluding hydrogens is 261 g/mol. The molecule has 3 N–H and O–H groups in total. The van der Waals surface area contributed by atoms with Crippen molar-refractivity contribution >= 4 is 37.3 Å². The number of anilines is 1. The second-order valence-electron chi connectivity index (χ2n) is 2.90. The SMILES string of the molecule is C=Cc1cc(N)ccc1On1pn[pH][nH][pH]1. The summed E-state index contributed by atoms with van der Waals surface area (Å²) < 4.78 is 9.06. The van der Waals surface area contributed by atoms with E-state index in [9.17, 15) is 0 Å². The second-order valence-corrected chi connectivity index (χ2v) is 6.48. The van der Waals surface area contributed by atoms with Crippen LogP contribution in [0.1, 0.15) is 5.56 Å². The minimum atomic E-state index is 0.415. The summed E-state index contributed by atoms with van der Waals surface area (Å²) in [6.07, 6.45) is 1.72. The summed E-state index contributed by atoms with van der Waals surface area (Å²) in [6.45, 7) is 3.73. The van der Waals surface area contributed by atoms with Crippen molar-refractivity contribution in [2.24, 2.45) is 0 Å². The van der Waals surface area contributed by atoms with Crippen LogP contribution in [0.3, 0.4) is 0 Å². The summed E-state index contributed by atoms with van der Waals surface area (Å²) in [6, 6.07) is 5.47. The molecule has 16 heavy (non-hydrogen) atoms. The van der Waals surface area contributed by atoms with Gasteiger partial charge in [-0.15, -0.1) is 4.26 Å². The van der Waals surface area contributed by atoms with Crippen LogP contribution in [0.5, 0.6) is 5.75 Å². The maximum atomic E-state index is 5.69. The van der Waals surface area contributed by atoms with Gasteiger partial charge >= 0.3 is 0 Å². The fourth-order valence-electron chi connectivity index (χ4n) is 1.13. The molecule has 0 spiro atoms. The van der Waals surface area contributed by atoms with Gasteiger partial charge in [0.15, 0.2) is 14.3 Å². The first-order valence-corrected chi connectivity index (χ1v) is 7.15. The molecule has 0 saturated carbocycles. The Morgan fingerprint density at radius 3 is 3.19 bits per heavy atom. The molecule has 84 valence electrons. The van der Waals surface area contributed by atoms with Gasteiger partial charge in [0.25, 0.3) is 0 Å². The van der Waals surface area contributed by atoms with Gasteiger partial charge in [-0.2, -0.15) is 4.51 Å². The molecule has 2 atom stereocenters. The molecule has 2 aromatic rings. The molecule has 5 nitrogen and oxygen atoms in total. The average molecular weight is 272 g/mol. The monoisotopic (exact) mass is 272 g/mol. The highest BCUT2D eigenvalue weighted by molar-refractivity contribution is 7.44. The third-order valence-corrected chi connectivity index (χ3v) is 4.57. The smallest absolute Gasteiger partial charge is 0.182 e. The summed E-state index contributed by atoms with van der Waals surface area (Å²) in [5.41, 5.74) is 7.27. The maximum absolute atomic E-state index is 5.69. The highest BCUT2D eigenvalue weighted by atomic mass is 31.1. The largest absolute Gasteiger partial charge is 0.399 e. The van der Waals surface area contributed by atoms with Crippen molar-refractivity contribution < 1.29 is 4.84 Å². The third-order valence-electron chi connectivity index (χ3n) is 1.82. The Morgan fingerprint density at radius 2 is 2.50 bits per heavy atom. The normalized spacial score (nSPS) is 11.2. The van der Waals surface area contributed by atoms with Crippen molar-refractivity contribution in [1.82, 2.24) is 13.3 Å². The minimum absolute atomic E-state index is 0.415. The molecule has 0 fully saturated rings. The van der Waals surface area contributed by atoms with Gasteiger partial charge in [0, 0.05) is 19.8 Å². The van der Waals surface area contributed by atoms with E-state index in [-0.39, 0.29) is 0 Å². The van der Waals surface area contributed by atoms with Gasteiger partial charge in [-0.05, 0) is 18.2 Å². The van der Waals surface area contributed by atoms with E-state index in [4.69, 9.17) is 10.6 Å². The number of benzene rings is 1. The van der Waals surface area contributed by atoms with Crippen LogP contribution in [-0.4, -0.2) is 13.3 Å². The van der Waals surface area contributed by atoms with E-state index >= 15 is 0 Å². The Kier molecular flexibility index (Phi) is 3.74. The zero-order valence-corrected chi connectivity index (χ0v) is 11.2. The first kappa shape index (κ1) is 11.3. The van der Waals surface area contributed by atoms with Crippen molar-refractivity contribution in [3.8, 4) is 5.75 Å². The topological polar surface area (TPSA) is 68.9 Å². The highest BCUT2D eigenvalue weighted by Crippen LogP contribution is 2.24. The molecule has 2 unspecified atom stereocenters. The van der Waals surface area contributed by atoms with Crippen LogP contribution in [0.15, 0.2) is 24.8 Å². The number of nitrogens with one attached hydrogen (secondary N) is 1. The van der Waals surface area contributed by atoms with E-state index in [1.54, 1.807) is 16.4 Å². The zero-order chi connectivity index (χ0) is 11.4. The molecule has 2 rings (SSSR count). The lowest BCUT2D eigenvalue weighted by Gasteiger charge is -2.09. The van der Waals surface area contributed by atoms with Crippen LogP contribution in [0.25, 0.3) is 6.08 Å². The first-order valence-electron chi connectivity index (χ1n) is 4.46. The van der Waals surface area contributed by atoms with Gasteiger partial charge < -0.3 is 15.1 Å². The van der Waals surface area contributed by atoms with Gasteiger partial charge in [-0.25, -0.2) is 0 Å². The molecule has 0 aliphatic carbocycles. The molecule has 1 heterocycles. The predicted molar refractivity (Wildman–Crippen MR) is 72.7 cm³/mol. The number of H-pyrrole nitrogens is 1. The summed E-state index contributed by atoms with van der Waals surface area (Å²) in [7, 11) is 1.70. The van der Waals surface area contributed by atoms with Gasteiger partial charge in [0.2, 0.25) is 0 Å². The maximum Gasteiger partial charge on any atom is 0.182 e. The Balaban J connectivity index is 2.31. The van der Waals surface area contributed by atoms with Crippen LogP contribution in [0.4, 0.5) is 5.69 Å². The lowest BCUT2D eigenvalue weighted by atomic mass is 10.2. The van der Waals surface area contributed by atoms with Crippen molar-refractivity contribution in [1.29, 1.82) is 0 Å². The number of rotatable bonds is 3. The Hall–Kier alpha value is -1.14. The van der Waals surface area contributed by atoms with Gasteiger partial charge in [0.1, 0.15) is 0 Å². The van der Waals surface area contributed by atoms with Gasteiger partial charge in [-0.3, -0.25) is 0 Å². The fraction of sp³-hybridized carbons (Fsp3) is 0. The lowest BCUT2D eigenvalue weighted by molar-refractivity contribution is 0.276. The van der Waals surface area contributed by atoms with Gasteiger partial charge in [0.05, 0.1) is 8.51 Å². The van der Waals surface area contributed by atoms with E-state index in [0.717, 1.165) is 19.8 Å². The van der Waals surface area contributed by atoms with Crippen LogP contribution in [0, 0.1) is 0 Å². The number of aromatic amines is 1. The van der Waals surface area contributed by atoms with E-state index in [1.807, 2.05) is 12.1 Å². The molecule has 8 heteroatoms. The molecule has 0 bridgehead atoms. The average Bonchev–Trinajstić information content (AvgIpc) is 2.33. The lowest BCUT2D eigenvalue weighted by Crippen LogP contribution is -1.99. The van der Waals surface area contributed by atoms with E-state index in [1.165, 1.54) is 0 Å². The summed E-state index contributed by atoms with van der Waals surface area (Å²) >= 11 is 0. The number of aromatic nitrogens is 3. The molecule has 0 aliphatic rings. The number of nitrogens with two attached hydrogens (primary N) is 1. The highest BCUT2D eigenvalue weighted by Gasteiger charge is 2.02. The third kappa shape index (κ3) is 2.70.